The number of anilines is 1. The third-order valence-corrected chi connectivity index (χ3v) is 5.99. The van der Waals surface area contributed by atoms with E-state index in [1.807, 2.05) is 0 Å². The van der Waals surface area contributed by atoms with Crippen LogP contribution in [0.15, 0.2) is 65.8 Å². The van der Waals surface area contributed by atoms with Gasteiger partial charge in [-0.3, -0.25) is 29.5 Å². The molecule has 0 saturated carbocycles. The van der Waals surface area contributed by atoms with E-state index in [9.17, 15) is 28.9 Å². The lowest BCUT2D eigenvalue weighted by Crippen LogP contribution is -2.46. The molecule has 5 rings (SSSR count). The van der Waals surface area contributed by atoms with Gasteiger partial charge in [0.25, 0.3) is 5.69 Å². The molecule has 0 N–H and O–H groups in total. The molecule has 2 aromatic rings. The van der Waals surface area contributed by atoms with Gasteiger partial charge in [0.05, 0.1) is 28.5 Å². The number of amides is 2. The molecule has 4 atom stereocenters. The number of imide groups is 1. The van der Waals surface area contributed by atoms with Crippen LogP contribution in [0.4, 0.5) is 15.8 Å². The summed E-state index contributed by atoms with van der Waals surface area (Å²) in [6, 6.07) is 8.76. The molecule has 0 radical (unpaired) electrons. The molecule has 0 aromatic heterocycles. The highest BCUT2D eigenvalue weighted by Crippen LogP contribution is 2.46. The number of rotatable bonds is 4. The van der Waals surface area contributed by atoms with Crippen molar-refractivity contribution >= 4 is 35.2 Å². The molecule has 32 heavy (non-hydrogen) atoms. The summed E-state index contributed by atoms with van der Waals surface area (Å²) in [6.45, 7) is 0. The Bertz CT molecular complexity index is 1240. The zero-order valence-electron chi connectivity index (χ0n) is 16.4. The van der Waals surface area contributed by atoms with E-state index in [1.165, 1.54) is 47.6 Å². The lowest BCUT2D eigenvalue weighted by Gasteiger charge is -2.30. The predicted molar refractivity (Wildman–Crippen MR) is 110 cm³/mol. The monoisotopic (exact) mass is 434 g/mol. The van der Waals surface area contributed by atoms with Crippen LogP contribution in [0.2, 0.25) is 0 Å². The zero-order chi connectivity index (χ0) is 22.6. The molecule has 3 heterocycles. The van der Waals surface area contributed by atoms with Crippen LogP contribution < -0.4 is 4.90 Å². The first kappa shape index (κ1) is 19.7. The summed E-state index contributed by atoms with van der Waals surface area (Å²) in [5.74, 6) is -4.68. The van der Waals surface area contributed by atoms with Crippen molar-refractivity contribution < 1.29 is 23.7 Å². The summed E-state index contributed by atoms with van der Waals surface area (Å²) < 4.78 is 14.4. The number of hydrogen-bond donors (Lipinski definition) is 0. The van der Waals surface area contributed by atoms with E-state index < -0.39 is 52.3 Å². The van der Waals surface area contributed by atoms with Gasteiger partial charge >= 0.3 is 0 Å². The van der Waals surface area contributed by atoms with Gasteiger partial charge in [-0.2, -0.15) is 5.10 Å². The molecule has 0 bridgehead atoms. The van der Waals surface area contributed by atoms with Crippen molar-refractivity contribution in [2.45, 2.75) is 12.1 Å². The number of carbonyl (C=O) groups is 3. The number of hydrogen-bond acceptors (Lipinski definition) is 7. The van der Waals surface area contributed by atoms with Gasteiger partial charge in [-0.15, -0.1) is 0 Å². The number of fused-ring (bicyclic) bond motifs is 3. The quantitative estimate of drug-likeness (QED) is 0.316. The summed E-state index contributed by atoms with van der Waals surface area (Å²) in [5.41, 5.74) is -0.419. The number of nitro benzene ring substituents is 1. The molecule has 10 heteroatoms. The molecule has 0 spiro atoms. The number of nitro groups is 1. The lowest BCUT2D eigenvalue weighted by molar-refractivity contribution is -0.384. The number of ketones is 1. The lowest BCUT2D eigenvalue weighted by atomic mass is 9.86. The fraction of sp³-hybridized carbons (Fsp3) is 0.182. The van der Waals surface area contributed by atoms with E-state index in [2.05, 4.69) is 5.10 Å². The number of Topliss-reactive ketones (excluding diaryl/α,β-unsaturated/α-hetero) is 1. The first-order chi connectivity index (χ1) is 15.4. The van der Waals surface area contributed by atoms with Crippen molar-refractivity contribution in [3.8, 4) is 0 Å². The number of hydrazone groups is 1. The number of benzene rings is 2. The topological polar surface area (TPSA) is 113 Å². The first-order valence-electron chi connectivity index (χ1n) is 9.80. The molecule has 4 unspecified atom stereocenters. The Morgan fingerprint density at radius 1 is 1.06 bits per heavy atom. The molecule has 9 nitrogen and oxygen atoms in total. The second kappa shape index (κ2) is 7.19. The molecular formula is C22H15FN4O5. The fourth-order valence-electron chi connectivity index (χ4n) is 4.65. The van der Waals surface area contributed by atoms with Crippen molar-refractivity contribution in [3.63, 3.8) is 0 Å². The standard InChI is InChI=1S/C22H15FN4O5/c23-14-7-1-2-8-15(14)25-21(29)17-16-9-4-10-24-26(16)19(18(17)22(25)30)20(28)12-5-3-6-13(11-12)27(31)32/h1-11,16-19H. The number of carbonyl (C=O) groups excluding carboxylic acids is 3. The second-order valence-electron chi connectivity index (χ2n) is 7.65. The number of nitrogens with zero attached hydrogens (tertiary/aromatic N) is 4. The molecule has 3 aliphatic rings. The van der Waals surface area contributed by atoms with E-state index in [-0.39, 0.29) is 16.9 Å². The Morgan fingerprint density at radius 2 is 1.81 bits per heavy atom. The van der Waals surface area contributed by atoms with Crippen molar-refractivity contribution in [1.29, 1.82) is 0 Å². The fourth-order valence-corrected chi connectivity index (χ4v) is 4.65. The second-order valence-corrected chi connectivity index (χ2v) is 7.65. The van der Waals surface area contributed by atoms with Crippen LogP contribution in [0.3, 0.4) is 0 Å². The maximum atomic E-state index is 14.4. The molecule has 0 aliphatic carbocycles. The maximum absolute atomic E-state index is 14.4. The van der Waals surface area contributed by atoms with Crippen molar-refractivity contribution in [1.82, 2.24) is 5.01 Å². The molecule has 2 amide bonds. The van der Waals surface area contributed by atoms with Crippen LogP contribution in [0.25, 0.3) is 0 Å². The van der Waals surface area contributed by atoms with E-state index in [4.69, 9.17) is 0 Å². The van der Waals surface area contributed by atoms with E-state index in [0.717, 1.165) is 17.0 Å². The van der Waals surface area contributed by atoms with Gasteiger partial charge in [-0.05, 0) is 18.2 Å². The molecule has 2 fully saturated rings. The molecular weight excluding hydrogens is 419 g/mol. The van der Waals surface area contributed by atoms with E-state index >= 15 is 0 Å². The first-order valence-corrected chi connectivity index (χ1v) is 9.80. The largest absolute Gasteiger partial charge is 0.292 e. The Balaban J connectivity index is 1.59. The normalized spacial score (nSPS) is 25.8. The Labute approximate surface area is 180 Å². The van der Waals surface area contributed by atoms with E-state index in [0.29, 0.717) is 0 Å². The van der Waals surface area contributed by atoms with Crippen LogP contribution in [0.1, 0.15) is 10.4 Å². The van der Waals surface area contributed by atoms with Gasteiger partial charge in [0.15, 0.2) is 5.78 Å². The summed E-state index contributed by atoms with van der Waals surface area (Å²) in [7, 11) is 0. The minimum absolute atomic E-state index is 0.0259. The molecule has 160 valence electrons. The summed E-state index contributed by atoms with van der Waals surface area (Å²) >= 11 is 0. The summed E-state index contributed by atoms with van der Waals surface area (Å²) in [5, 5.41) is 16.8. The Hall–Kier alpha value is -4.21. The maximum Gasteiger partial charge on any atom is 0.270 e. The van der Waals surface area contributed by atoms with Gasteiger partial charge in [0.1, 0.15) is 11.9 Å². The smallest absolute Gasteiger partial charge is 0.270 e. The minimum atomic E-state index is -1.17. The highest BCUT2D eigenvalue weighted by Gasteiger charge is 2.64. The van der Waals surface area contributed by atoms with Gasteiger partial charge in [0.2, 0.25) is 11.8 Å². The van der Waals surface area contributed by atoms with Gasteiger partial charge in [0, 0.05) is 23.9 Å². The number of halogens is 1. The van der Waals surface area contributed by atoms with Crippen molar-refractivity contribution in [3.05, 3.63) is 82.2 Å². The number of para-hydroxylation sites is 1. The SMILES string of the molecule is O=C(c1cccc([N+](=O)[O-])c1)C1C2C(=O)N(c3ccccc3F)C(=O)C2C2C=CC=NN21. The Kier molecular flexibility index (Phi) is 4.43. The molecule has 2 aromatic carbocycles. The van der Waals surface area contributed by atoms with Gasteiger partial charge in [-0.25, -0.2) is 9.29 Å². The molecule has 2 saturated heterocycles. The molecule has 3 aliphatic heterocycles. The average Bonchev–Trinajstić information content (AvgIpc) is 3.27. The number of allylic oxidation sites excluding steroid dienone is 1. The minimum Gasteiger partial charge on any atom is -0.292 e. The summed E-state index contributed by atoms with van der Waals surface area (Å²) in [6.07, 6.45) is 4.72. The van der Waals surface area contributed by atoms with Gasteiger partial charge in [-0.1, -0.05) is 30.3 Å². The summed E-state index contributed by atoms with van der Waals surface area (Å²) in [4.78, 5) is 51.4. The average molecular weight is 434 g/mol. The van der Waals surface area contributed by atoms with Gasteiger partial charge < -0.3 is 0 Å². The predicted octanol–water partition coefficient (Wildman–Crippen LogP) is 2.33. The van der Waals surface area contributed by atoms with Crippen LogP contribution in [-0.2, 0) is 9.59 Å². The van der Waals surface area contributed by atoms with E-state index in [1.54, 1.807) is 12.2 Å². The highest BCUT2D eigenvalue weighted by molar-refractivity contribution is 6.24. The number of non-ortho nitro benzene ring substituents is 1. The van der Waals surface area contributed by atoms with Crippen molar-refractivity contribution in [2.24, 2.45) is 16.9 Å². The highest BCUT2D eigenvalue weighted by atomic mass is 19.1. The van der Waals surface area contributed by atoms with Crippen molar-refractivity contribution in [2.75, 3.05) is 4.90 Å². The Morgan fingerprint density at radius 3 is 2.56 bits per heavy atom. The third-order valence-electron chi connectivity index (χ3n) is 5.99. The van der Waals surface area contributed by atoms with Crippen LogP contribution in [0.5, 0.6) is 0 Å². The zero-order valence-corrected chi connectivity index (χ0v) is 16.4. The third kappa shape index (κ3) is 2.76. The van der Waals surface area contributed by atoms with Crippen LogP contribution in [-0.4, -0.2) is 45.8 Å². The van der Waals surface area contributed by atoms with Crippen LogP contribution >= 0.6 is 0 Å². The van der Waals surface area contributed by atoms with Crippen LogP contribution in [0, 0.1) is 27.8 Å².